The Balaban J connectivity index is 1.31. The third-order valence-corrected chi connectivity index (χ3v) is 7.60. The maximum absolute atomic E-state index is 12.9. The van der Waals surface area contributed by atoms with Gasteiger partial charge in [0, 0.05) is 43.7 Å². The SMILES string of the molecule is CNC(=O)c1ccc(SN2CCC(n3ncc(NC[C@@H]4CCCOC4)c(Cl)c3=O)CC2)cc1. The largest absolute Gasteiger partial charge is 0.382 e. The molecule has 178 valence electrons. The summed E-state index contributed by atoms with van der Waals surface area (Å²) >= 11 is 8.07. The van der Waals surface area contributed by atoms with Crippen LogP contribution in [0, 0.1) is 5.92 Å². The number of amides is 1. The number of benzene rings is 1. The van der Waals surface area contributed by atoms with Gasteiger partial charge >= 0.3 is 0 Å². The van der Waals surface area contributed by atoms with E-state index in [2.05, 4.69) is 20.0 Å². The second-order valence-corrected chi connectivity index (χ2v) is 9.99. The molecule has 0 radical (unpaired) electrons. The topological polar surface area (TPSA) is 88.5 Å². The number of halogens is 1. The Bertz CT molecular complexity index is 1000. The van der Waals surface area contributed by atoms with Crippen LogP contribution in [0.25, 0.3) is 0 Å². The highest BCUT2D eigenvalue weighted by atomic mass is 35.5. The minimum Gasteiger partial charge on any atom is -0.382 e. The number of ether oxygens (including phenoxy) is 1. The monoisotopic (exact) mass is 491 g/mol. The molecule has 2 aromatic rings. The molecule has 2 aliphatic rings. The summed E-state index contributed by atoms with van der Waals surface area (Å²) in [6.45, 7) is 3.96. The van der Waals surface area contributed by atoms with Crippen molar-refractivity contribution in [3.05, 3.63) is 51.4 Å². The smallest absolute Gasteiger partial charge is 0.287 e. The van der Waals surface area contributed by atoms with E-state index >= 15 is 0 Å². The Hall–Kier alpha value is -2.07. The lowest BCUT2D eigenvalue weighted by atomic mass is 10.0. The van der Waals surface area contributed by atoms with E-state index in [1.54, 1.807) is 25.2 Å². The van der Waals surface area contributed by atoms with Crippen LogP contribution in [0.4, 0.5) is 5.69 Å². The van der Waals surface area contributed by atoms with Crippen LogP contribution >= 0.6 is 23.5 Å². The third-order valence-electron chi connectivity index (χ3n) is 6.13. The van der Waals surface area contributed by atoms with Crippen LogP contribution in [0.5, 0.6) is 0 Å². The first-order valence-electron chi connectivity index (χ1n) is 11.4. The van der Waals surface area contributed by atoms with Gasteiger partial charge in [-0.05, 0) is 67.8 Å². The van der Waals surface area contributed by atoms with Crippen molar-refractivity contribution in [2.45, 2.75) is 36.6 Å². The quantitative estimate of drug-likeness (QED) is 0.573. The summed E-state index contributed by atoms with van der Waals surface area (Å²) in [6, 6.07) is 7.60. The number of carbonyl (C=O) groups is 1. The second-order valence-electron chi connectivity index (χ2n) is 8.44. The zero-order valence-electron chi connectivity index (χ0n) is 18.8. The molecule has 8 nitrogen and oxygen atoms in total. The highest BCUT2D eigenvalue weighted by Gasteiger charge is 2.24. The van der Waals surface area contributed by atoms with Gasteiger partial charge in [0.2, 0.25) is 0 Å². The molecule has 1 aromatic carbocycles. The minimum atomic E-state index is -0.238. The zero-order valence-corrected chi connectivity index (χ0v) is 20.3. The fraction of sp³-hybridized carbons (Fsp3) is 0.522. The van der Waals surface area contributed by atoms with Crippen LogP contribution in [0.2, 0.25) is 5.02 Å². The molecular weight excluding hydrogens is 462 g/mol. The van der Waals surface area contributed by atoms with Gasteiger partial charge in [0.05, 0.1) is 24.5 Å². The summed E-state index contributed by atoms with van der Waals surface area (Å²) in [4.78, 5) is 25.6. The Morgan fingerprint density at radius 1 is 1.24 bits per heavy atom. The average molecular weight is 492 g/mol. The molecule has 1 amide bonds. The molecule has 0 saturated carbocycles. The number of anilines is 1. The molecule has 1 aromatic heterocycles. The van der Waals surface area contributed by atoms with Gasteiger partial charge in [0.25, 0.3) is 11.5 Å². The minimum absolute atomic E-state index is 0.0308. The number of carbonyl (C=O) groups excluding carboxylic acids is 1. The van der Waals surface area contributed by atoms with Crippen molar-refractivity contribution in [1.29, 1.82) is 0 Å². The summed E-state index contributed by atoms with van der Waals surface area (Å²) in [5.74, 6) is 0.340. The van der Waals surface area contributed by atoms with E-state index in [1.165, 1.54) is 4.68 Å². The van der Waals surface area contributed by atoms with Crippen molar-refractivity contribution < 1.29 is 9.53 Å². The van der Waals surface area contributed by atoms with E-state index in [4.69, 9.17) is 16.3 Å². The maximum Gasteiger partial charge on any atom is 0.287 e. The van der Waals surface area contributed by atoms with Gasteiger partial charge in [0.1, 0.15) is 5.02 Å². The summed E-state index contributed by atoms with van der Waals surface area (Å²) < 4.78 is 9.33. The van der Waals surface area contributed by atoms with Gasteiger partial charge in [-0.3, -0.25) is 9.59 Å². The lowest BCUT2D eigenvalue weighted by Crippen LogP contribution is -2.36. The first-order valence-corrected chi connectivity index (χ1v) is 12.5. The molecule has 2 saturated heterocycles. The van der Waals surface area contributed by atoms with Gasteiger partial charge in [0.15, 0.2) is 0 Å². The highest BCUT2D eigenvalue weighted by Crippen LogP contribution is 2.30. The first kappa shape index (κ1) is 24.1. The molecule has 2 fully saturated rings. The Morgan fingerprint density at radius 2 is 2.00 bits per heavy atom. The second kappa shape index (κ2) is 11.4. The van der Waals surface area contributed by atoms with Crippen LogP contribution in [0.1, 0.15) is 42.1 Å². The first-order chi connectivity index (χ1) is 16.0. The molecule has 0 bridgehead atoms. The van der Waals surface area contributed by atoms with Crippen molar-refractivity contribution in [3.63, 3.8) is 0 Å². The molecule has 3 heterocycles. The van der Waals surface area contributed by atoms with Gasteiger partial charge in [-0.15, -0.1) is 0 Å². The third kappa shape index (κ3) is 6.09. The predicted molar refractivity (Wildman–Crippen MR) is 131 cm³/mol. The molecule has 0 unspecified atom stereocenters. The molecule has 33 heavy (non-hydrogen) atoms. The van der Waals surface area contributed by atoms with Crippen LogP contribution in [-0.4, -0.2) is 59.9 Å². The van der Waals surface area contributed by atoms with Gasteiger partial charge < -0.3 is 15.4 Å². The van der Waals surface area contributed by atoms with Crippen molar-refractivity contribution in [2.75, 3.05) is 45.2 Å². The Kier molecular flexibility index (Phi) is 8.29. The summed E-state index contributed by atoms with van der Waals surface area (Å²) in [5, 5.41) is 10.5. The van der Waals surface area contributed by atoms with Crippen molar-refractivity contribution in [3.8, 4) is 0 Å². The zero-order chi connectivity index (χ0) is 23.2. The number of nitrogens with zero attached hydrogens (tertiary/aromatic N) is 3. The van der Waals surface area contributed by atoms with Crippen molar-refractivity contribution in [2.24, 2.45) is 5.92 Å². The van der Waals surface area contributed by atoms with E-state index < -0.39 is 0 Å². The Morgan fingerprint density at radius 3 is 2.67 bits per heavy atom. The van der Waals surface area contributed by atoms with Crippen LogP contribution in [0.15, 0.2) is 40.2 Å². The highest BCUT2D eigenvalue weighted by molar-refractivity contribution is 7.97. The lowest BCUT2D eigenvalue weighted by Gasteiger charge is -2.31. The summed E-state index contributed by atoms with van der Waals surface area (Å²) in [5.41, 5.74) is 1.00. The normalized spacial score (nSPS) is 19.9. The molecule has 0 spiro atoms. The maximum atomic E-state index is 12.9. The van der Waals surface area contributed by atoms with Gasteiger partial charge in [-0.25, -0.2) is 8.99 Å². The molecule has 1 atom stereocenters. The number of hydrogen-bond donors (Lipinski definition) is 2. The summed E-state index contributed by atoms with van der Waals surface area (Å²) in [6.07, 6.45) is 5.49. The van der Waals surface area contributed by atoms with Crippen molar-refractivity contribution >= 4 is 35.1 Å². The van der Waals surface area contributed by atoms with Crippen molar-refractivity contribution in [1.82, 2.24) is 19.4 Å². The van der Waals surface area contributed by atoms with Gasteiger partial charge in [-0.1, -0.05) is 11.6 Å². The number of aromatic nitrogens is 2. The van der Waals surface area contributed by atoms with Gasteiger partial charge in [-0.2, -0.15) is 5.10 Å². The number of rotatable bonds is 7. The Labute approximate surface area is 203 Å². The average Bonchev–Trinajstić information content (AvgIpc) is 2.86. The lowest BCUT2D eigenvalue weighted by molar-refractivity contribution is 0.0595. The predicted octanol–water partition coefficient (Wildman–Crippen LogP) is 3.44. The van der Waals surface area contributed by atoms with Crippen LogP contribution in [-0.2, 0) is 4.74 Å². The van der Waals surface area contributed by atoms with E-state index in [1.807, 2.05) is 24.3 Å². The molecular formula is C23H30ClN5O3S. The van der Waals surface area contributed by atoms with E-state index in [9.17, 15) is 9.59 Å². The van der Waals surface area contributed by atoms with E-state index in [-0.39, 0.29) is 22.5 Å². The van der Waals surface area contributed by atoms with Crippen LogP contribution < -0.4 is 16.2 Å². The number of hydrogen-bond acceptors (Lipinski definition) is 7. The molecule has 4 rings (SSSR count). The van der Waals surface area contributed by atoms with Crippen LogP contribution in [0.3, 0.4) is 0 Å². The number of piperidine rings is 1. The number of nitrogens with one attached hydrogen (secondary N) is 2. The molecule has 2 aliphatic heterocycles. The van der Waals surface area contributed by atoms with E-state index in [0.29, 0.717) is 17.2 Å². The molecule has 10 heteroatoms. The van der Waals surface area contributed by atoms with E-state index in [0.717, 1.165) is 63.4 Å². The fourth-order valence-electron chi connectivity index (χ4n) is 4.19. The molecule has 2 N–H and O–H groups in total. The summed E-state index contributed by atoms with van der Waals surface area (Å²) in [7, 11) is 1.62. The standard InChI is InChI=1S/C23H30ClN5O3S/c1-25-22(30)17-4-6-19(7-5-17)33-28-10-8-18(9-11-28)29-23(31)21(24)20(14-27-29)26-13-16-3-2-12-32-15-16/h4-7,14,16,18,26H,2-3,8-13,15H2,1H3,(H,25,30)/t16-/m0/s1. The molecule has 0 aliphatic carbocycles. The fourth-order valence-corrected chi connectivity index (χ4v) is 5.34.